The summed E-state index contributed by atoms with van der Waals surface area (Å²) in [5, 5.41) is 6.02. The van der Waals surface area contributed by atoms with Crippen LogP contribution in [0.2, 0.25) is 0 Å². The fraction of sp³-hybridized carbons (Fsp3) is 0.435. The summed E-state index contributed by atoms with van der Waals surface area (Å²) in [6.45, 7) is 4.26. The fourth-order valence-corrected chi connectivity index (χ4v) is 4.01. The third-order valence-corrected chi connectivity index (χ3v) is 5.76. The van der Waals surface area contributed by atoms with Gasteiger partial charge in [0.25, 0.3) is 11.8 Å². The molecule has 0 saturated carbocycles. The largest absolute Gasteiger partial charge is 0.487 e. The molecule has 2 amide bonds. The zero-order valence-electron chi connectivity index (χ0n) is 18.0. The number of hydrogen-bond donors (Lipinski definition) is 2. The number of carbonyl (C=O) groups excluding carboxylic acids is 2. The second kappa shape index (κ2) is 9.52. The van der Waals surface area contributed by atoms with Crippen LogP contribution in [0.5, 0.6) is 5.75 Å². The zero-order chi connectivity index (χ0) is 22.7. The van der Waals surface area contributed by atoms with Gasteiger partial charge in [0.05, 0.1) is 13.2 Å². The van der Waals surface area contributed by atoms with Crippen LogP contribution in [0.4, 0.5) is 4.39 Å². The van der Waals surface area contributed by atoms with E-state index in [9.17, 15) is 18.8 Å². The molecule has 1 fully saturated rings. The Kier molecular flexibility index (Phi) is 6.55. The van der Waals surface area contributed by atoms with Crippen LogP contribution in [0, 0.1) is 5.82 Å². The van der Waals surface area contributed by atoms with Crippen LogP contribution < -0.4 is 20.8 Å². The van der Waals surface area contributed by atoms with Crippen molar-refractivity contribution in [3.8, 4) is 5.75 Å². The normalized spacial score (nSPS) is 17.5. The summed E-state index contributed by atoms with van der Waals surface area (Å²) in [6, 6.07) is 5.75. The molecule has 1 unspecified atom stereocenters. The molecular weight excluding hydrogens is 415 g/mol. The minimum Gasteiger partial charge on any atom is -0.487 e. The van der Waals surface area contributed by atoms with E-state index < -0.39 is 11.3 Å². The van der Waals surface area contributed by atoms with Crippen molar-refractivity contribution in [2.75, 3.05) is 19.7 Å². The van der Waals surface area contributed by atoms with Crippen molar-refractivity contribution in [2.24, 2.45) is 0 Å². The highest BCUT2D eigenvalue weighted by molar-refractivity contribution is 5.99. The Morgan fingerprint density at radius 1 is 1.28 bits per heavy atom. The van der Waals surface area contributed by atoms with Crippen molar-refractivity contribution in [3.63, 3.8) is 0 Å². The van der Waals surface area contributed by atoms with Gasteiger partial charge in [-0.05, 0) is 37.1 Å². The van der Waals surface area contributed by atoms with E-state index >= 15 is 0 Å². The molecular formula is C23H27FN4O4. The average molecular weight is 442 g/mol. The van der Waals surface area contributed by atoms with Crippen LogP contribution in [-0.2, 0) is 13.1 Å². The minimum absolute atomic E-state index is 0.0677. The van der Waals surface area contributed by atoms with Crippen molar-refractivity contribution in [1.29, 1.82) is 0 Å². The van der Waals surface area contributed by atoms with Gasteiger partial charge in [-0.2, -0.15) is 0 Å². The van der Waals surface area contributed by atoms with Crippen LogP contribution in [-0.4, -0.2) is 47.1 Å². The van der Waals surface area contributed by atoms with E-state index in [2.05, 4.69) is 10.6 Å². The van der Waals surface area contributed by atoms with Crippen molar-refractivity contribution >= 4 is 11.8 Å². The van der Waals surface area contributed by atoms with Gasteiger partial charge in [-0.3, -0.25) is 19.7 Å². The van der Waals surface area contributed by atoms with E-state index in [1.807, 2.05) is 6.92 Å². The lowest BCUT2D eigenvalue weighted by Crippen LogP contribution is -2.59. The monoisotopic (exact) mass is 442 g/mol. The third-order valence-electron chi connectivity index (χ3n) is 5.76. The number of ether oxygens (including phenoxy) is 1. The molecule has 170 valence electrons. The molecule has 3 heterocycles. The van der Waals surface area contributed by atoms with Crippen LogP contribution in [0.25, 0.3) is 0 Å². The van der Waals surface area contributed by atoms with Gasteiger partial charge in [0.2, 0.25) is 5.43 Å². The van der Waals surface area contributed by atoms with E-state index in [1.54, 1.807) is 21.6 Å². The topological polar surface area (TPSA) is 92.7 Å². The highest BCUT2D eigenvalue weighted by atomic mass is 19.1. The number of nitrogens with zero attached hydrogens (tertiary/aromatic N) is 2. The molecule has 1 saturated heterocycles. The van der Waals surface area contributed by atoms with Crippen LogP contribution in [0.1, 0.15) is 52.6 Å². The van der Waals surface area contributed by atoms with Gasteiger partial charge in [0.1, 0.15) is 17.5 Å². The Bertz CT molecular complexity index is 1070. The Morgan fingerprint density at radius 2 is 2.06 bits per heavy atom. The summed E-state index contributed by atoms with van der Waals surface area (Å²) in [5.41, 5.74) is 0.218. The molecule has 1 aromatic carbocycles. The second-order valence-electron chi connectivity index (χ2n) is 8.04. The molecule has 32 heavy (non-hydrogen) atoms. The number of aromatic nitrogens is 1. The summed E-state index contributed by atoms with van der Waals surface area (Å²) in [4.78, 5) is 41.0. The van der Waals surface area contributed by atoms with E-state index in [4.69, 9.17) is 4.74 Å². The molecule has 2 N–H and O–H groups in total. The van der Waals surface area contributed by atoms with Crippen molar-refractivity contribution < 1.29 is 18.7 Å². The van der Waals surface area contributed by atoms with Crippen LogP contribution in [0.15, 0.2) is 35.3 Å². The first-order chi connectivity index (χ1) is 15.5. The third kappa shape index (κ3) is 4.38. The molecule has 1 atom stereocenters. The predicted molar refractivity (Wildman–Crippen MR) is 116 cm³/mol. The summed E-state index contributed by atoms with van der Waals surface area (Å²) in [6.07, 6.45) is 3.68. The first-order valence-corrected chi connectivity index (χ1v) is 11.0. The summed E-state index contributed by atoms with van der Waals surface area (Å²) < 4.78 is 20.5. The Labute approximate surface area is 185 Å². The maximum Gasteiger partial charge on any atom is 0.275 e. The summed E-state index contributed by atoms with van der Waals surface area (Å²) in [7, 11) is 0. The standard InChI is InChI=1S/C23H27FN4O4/c1-2-3-11-32-21-19-23(31)28-10-4-9-25-18(28)14-27(19)13-17(20(21)29)22(30)26-12-15-5-7-16(24)8-6-15/h5-8,13,18,25H,2-4,9-12,14H2,1H3,(H,26,30). The van der Waals surface area contributed by atoms with Gasteiger partial charge in [0, 0.05) is 19.3 Å². The highest BCUT2D eigenvalue weighted by Crippen LogP contribution is 2.25. The van der Waals surface area contributed by atoms with Crippen molar-refractivity contribution in [3.05, 3.63) is 63.3 Å². The first kappa shape index (κ1) is 22.0. The molecule has 1 aromatic heterocycles. The second-order valence-corrected chi connectivity index (χ2v) is 8.04. The van der Waals surface area contributed by atoms with Crippen molar-refractivity contribution in [2.45, 2.75) is 45.4 Å². The quantitative estimate of drug-likeness (QED) is 0.639. The number of carbonyl (C=O) groups is 2. The van der Waals surface area contributed by atoms with E-state index in [1.165, 1.54) is 18.3 Å². The molecule has 4 rings (SSSR count). The molecule has 2 aromatic rings. The molecule has 0 spiro atoms. The molecule has 2 aliphatic heterocycles. The average Bonchev–Trinajstić information content (AvgIpc) is 2.80. The number of pyridine rings is 1. The van der Waals surface area contributed by atoms with Gasteiger partial charge >= 0.3 is 0 Å². The summed E-state index contributed by atoms with van der Waals surface area (Å²) >= 11 is 0. The fourth-order valence-electron chi connectivity index (χ4n) is 4.01. The SMILES string of the molecule is CCCCOc1c2n(cc(C(=O)NCc3ccc(F)cc3)c1=O)CC1NCCCN1C2=O. The Hall–Kier alpha value is -3.20. The smallest absolute Gasteiger partial charge is 0.275 e. The molecule has 2 aliphatic rings. The number of halogens is 1. The van der Waals surface area contributed by atoms with Gasteiger partial charge in [-0.15, -0.1) is 0 Å². The molecule has 0 aliphatic carbocycles. The zero-order valence-corrected chi connectivity index (χ0v) is 18.0. The van der Waals surface area contributed by atoms with Crippen LogP contribution in [0.3, 0.4) is 0 Å². The minimum atomic E-state index is -0.597. The lowest BCUT2D eigenvalue weighted by Gasteiger charge is -2.41. The summed E-state index contributed by atoms with van der Waals surface area (Å²) in [5.74, 6) is -1.27. The number of rotatable bonds is 7. The number of unbranched alkanes of at least 4 members (excludes halogenated alkanes) is 1. The van der Waals surface area contributed by atoms with Crippen molar-refractivity contribution in [1.82, 2.24) is 20.1 Å². The highest BCUT2D eigenvalue weighted by Gasteiger charge is 2.37. The van der Waals surface area contributed by atoms with Gasteiger partial charge < -0.3 is 19.5 Å². The maximum atomic E-state index is 13.2. The number of hydrogen-bond acceptors (Lipinski definition) is 5. The van der Waals surface area contributed by atoms with Gasteiger partial charge in [-0.25, -0.2) is 4.39 Å². The molecule has 8 nitrogen and oxygen atoms in total. The Morgan fingerprint density at radius 3 is 2.81 bits per heavy atom. The number of amides is 2. The lowest BCUT2D eigenvalue weighted by molar-refractivity contribution is 0.0459. The predicted octanol–water partition coefficient (Wildman–Crippen LogP) is 1.87. The van der Waals surface area contributed by atoms with Crippen LogP contribution >= 0.6 is 0 Å². The Balaban J connectivity index is 1.66. The number of benzene rings is 1. The lowest BCUT2D eigenvalue weighted by atomic mass is 10.1. The van der Waals surface area contributed by atoms with Gasteiger partial charge in [0.15, 0.2) is 11.4 Å². The van der Waals surface area contributed by atoms with E-state index in [0.29, 0.717) is 18.7 Å². The number of fused-ring (bicyclic) bond motifs is 2. The van der Waals surface area contributed by atoms with Gasteiger partial charge in [-0.1, -0.05) is 25.5 Å². The molecule has 0 radical (unpaired) electrons. The molecule has 0 bridgehead atoms. The molecule has 9 heteroatoms. The first-order valence-electron chi connectivity index (χ1n) is 11.0. The maximum absolute atomic E-state index is 13.2. The van der Waals surface area contributed by atoms with E-state index in [0.717, 1.165) is 25.8 Å². The number of nitrogens with one attached hydrogen (secondary N) is 2. The van der Waals surface area contributed by atoms with E-state index in [-0.39, 0.29) is 48.0 Å².